The molecule has 4 nitrogen and oxygen atoms in total. The molecule has 1 atom stereocenters. The normalized spacial score (nSPS) is 19.4. The Bertz CT molecular complexity index is 542. The van der Waals surface area contributed by atoms with Crippen LogP contribution in [0.25, 0.3) is 0 Å². The molecular formula is C17H25NO3. The highest BCUT2D eigenvalue weighted by atomic mass is 16.7. The molecule has 0 fully saturated rings. The number of nitrogens with zero attached hydrogens (tertiary/aromatic N) is 1. The number of aromatic hydroxyl groups is 1. The second-order valence-electron chi connectivity index (χ2n) is 7.72. The van der Waals surface area contributed by atoms with E-state index >= 15 is 0 Å². The van der Waals surface area contributed by atoms with Crippen LogP contribution in [0.3, 0.4) is 0 Å². The van der Waals surface area contributed by atoms with E-state index in [1.165, 1.54) is 0 Å². The van der Waals surface area contributed by atoms with Crippen molar-refractivity contribution in [2.75, 3.05) is 0 Å². The summed E-state index contributed by atoms with van der Waals surface area (Å²) in [4.78, 5) is 4.88. The van der Waals surface area contributed by atoms with E-state index in [0.717, 1.165) is 22.4 Å². The average molecular weight is 291 g/mol. The van der Waals surface area contributed by atoms with Gasteiger partial charge in [0.2, 0.25) is 6.29 Å². The van der Waals surface area contributed by atoms with Gasteiger partial charge in [-0.05, 0) is 23.0 Å². The number of hydrogen-bond acceptors (Lipinski definition) is 4. The summed E-state index contributed by atoms with van der Waals surface area (Å²) in [6, 6.07) is 3.90. The molecule has 21 heavy (non-hydrogen) atoms. The minimum absolute atomic E-state index is 0.182. The van der Waals surface area contributed by atoms with Gasteiger partial charge in [0.25, 0.3) is 0 Å². The van der Waals surface area contributed by atoms with E-state index in [-0.39, 0.29) is 10.8 Å². The first kappa shape index (κ1) is 15.8. The van der Waals surface area contributed by atoms with Crippen molar-refractivity contribution in [2.24, 2.45) is 5.16 Å². The van der Waals surface area contributed by atoms with Gasteiger partial charge in [-0.1, -0.05) is 46.7 Å². The summed E-state index contributed by atoms with van der Waals surface area (Å²) < 4.78 is 0. The van der Waals surface area contributed by atoms with Gasteiger partial charge in [0.1, 0.15) is 5.75 Å². The van der Waals surface area contributed by atoms with E-state index in [0.29, 0.717) is 12.2 Å². The molecule has 1 aromatic rings. The Kier molecular flexibility index (Phi) is 3.79. The highest BCUT2D eigenvalue weighted by Crippen LogP contribution is 2.40. The van der Waals surface area contributed by atoms with Crippen LogP contribution in [-0.4, -0.2) is 22.2 Å². The number of oxime groups is 1. The zero-order chi connectivity index (χ0) is 16.0. The summed E-state index contributed by atoms with van der Waals surface area (Å²) in [6.07, 6.45) is -0.497. The molecule has 0 saturated heterocycles. The number of aliphatic hydroxyl groups is 1. The van der Waals surface area contributed by atoms with Crippen molar-refractivity contribution in [3.8, 4) is 5.75 Å². The molecule has 1 unspecified atom stereocenters. The molecule has 2 N–H and O–H groups in total. The molecule has 0 bridgehead atoms. The summed E-state index contributed by atoms with van der Waals surface area (Å²) in [6.45, 7) is 12.4. The van der Waals surface area contributed by atoms with Crippen LogP contribution in [0.5, 0.6) is 5.75 Å². The Morgan fingerprint density at radius 1 is 1.05 bits per heavy atom. The van der Waals surface area contributed by atoms with Gasteiger partial charge in [-0.2, -0.15) is 0 Å². The fraction of sp³-hybridized carbons (Fsp3) is 0.588. The second-order valence-corrected chi connectivity index (χ2v) is 7.72. The predicted molar refractivity (Wildman–Crippen MR) is 83.8 cm³/mol. The van der Waals surface area contributed by atoms with Crippen molar-refractivity contribution >= 4 is 5.71 Å². The Labute approximate surface area is 126 Å². The molecule has 0 radical (unpaired) electrons. The molecule has 1 aliphatic rings. The molecule has 0 aliphatic carbocycles. The van der Waals surface area contributed by atoms with Gasteiger partial charge in [-0.3, -0.25) is 0 Å². The van der Waals surface area contributed by atoms with E-state index in [9.17, 15) is 10.2 Å². The SMILES string of the molecule is CC(C)(C)c1cc(C2=NOC(O)C2)cc(C(C)(C)C)c1O. The lowest BCUT2D eigenvalue weighted by Gasteiger charge is -2.28. The highest BCUT2D eigenvalue weighted by Gasteiger charge is 2.29. The van der Waals surface area contributed by atoms with Crippen LogP contribution in [0.4, 0.5) is 0 Å². The summed E-state index contributed by atoms with van der Waals surface area (Å²) >= 11 is 0. The van der Waals surface area contributed by atoms with Crippen molar-refractivity contribution in [1.82, 2.24) is 0 Å². The number of hydrogen-bond donors (Lipinski definition) is 2. The first-order chi connectivity index (χ1) is 9.50. The zero-order valence-electron chi connectivity index (χ0n) is 13.7. The molecule has 2 rings (SSSR count). The largest absolute Gasteiger partial charge is 0.507 e. The van der Waals surface area contributed by atoms with Crippen LogP contribution in [0.1, 0.15) is 64.7 Å². The monoisotopic (exact) mass is 291 g/mol. The molecular weight excluding hydrogens is 266 g/mol. The van der Waals surface area contributed by atoms with Gasteiger partial charge in [0.15, 0.2) is 0 Å². The number of rotatable bonds is 1. The summed E-state index contributed by atoms with van der Waals surface area (Å²) in [5, 5.41) is 24.1. The van der Waals surface area contributed by atoms with Gasteiger partial charge in [0.05, 0.1) is 12.1 Å². The minimum Gasteiger partial charge on any atom is -0.507 e. The first-order valence-electron chi connectivity index (χ1n) is 7.29. The zero-order valence-corrected chi connectivity index (χ0v) is 13.7. The maximum absolute atomic E-state index is 10.7. The van der Waals surface area contributed by atoms with E-state index in [1.807, 2.05) is 12.1 Å². The molecule has 0 aromatic heterocycles. The van der Waals surface area contributed by atoms with E-state index in [4.69, 9.17) is 4.84 Å². The second kappa shape index (κ2) is 5.02. The molecule has 0 amide bonds. The van der Waals surface area contributed by atoms with Gasteiger partial charge >= 0.3 is 0 Å². The molecule has 0 saturated carbocycles. The Morgan fingerprint density at radius 2 is 1.52 bits per heavy atom. The number of aliphatic hydroxyl groups excluding tert-OH is 1. The molecule has 0 spiro atoms. The number of benzene rings is 1. The molecule has 1 aliphatic heterocycles. The molecule has 1 aromatic carbocycles. The maximum atomic E-state index is 10.7. The van der Waals surface area contributed by atoms with Crippen LogP contribution in [0.15, 0.2) is 17.3 Å². The van der Waals surface area contributed by atoms with E-state index in [2.05, 4.69) is 46.7 Å². The number of phenolic OH excluding ortho intramolecular Hbond substituents is 1. The van der Waals surface area contributed by atoms with Crippen molar-refractivity contribution < 1.29 is 15.1 Å². The predicted octanol–water partition coefficient (Wildman–Crippen LogP) is 3.43. The quantitative estimate of drug-likeness (QED) is 0.833. The standard InChI is InChI=1S/C17H25NO3/c1-16(2,3)11-7-10(13-9-14(19)21-18-13)8-12(15(11)20)17(4,5)6/h7-8,14,19-20H,9H2,1-6H3. The van der Waals surface area contributed by atoms with Crippen LogP contribution >= 0.6 is 0 Å². The first-order valence-corrected chi connectivity index (χ1v) is 7.29. The lowest BCUT2D eigenvalue weighted by Crippen LogP contribution is -2.19. The van der Waals surface area contributed by atoms with Crippen LogP contribution in [0.2, 0.25) is 0 Å². The van der Waals surface area contributed by atoms with Gasteiger partial charge in [0, 0.05) is 16.7 Å². The third kappa shape index (κ3) is 3.21. The molecule has 1 heterocycles. The average Bonchev–Trinajstić information content (AvgIpc) is 2.73. The lowest BCUT2D eigenvalue weighted by molar-refractivity contribution is -0.0762. The van der Waals surface area contributed by atoms with Gasteiger partial charge < -0.3 is 15.1 Å². The summed E-state index contributed by atoms with van der Waals surface area (Å²) in [5.74, 6) is 0.346. The van der Waals surface area contributed by atoms with Crippen molar-refractivity contribution in [2.45, 2.75) is 65.1 Å². The third-order valence-electron chi connectivity index (χ3n) is 3.71. The van der Waals surface area contributed by atoms with Gasteiger partial charge in [-0.15, -0.1) is 0 Å². The fourth-order valence-electron chi connectivity index (χ4n) is 2.48. The van der Waals surface area contributed by atoms with Gasteiger partial charge in [-0.25, -0.2) is 0 Å². The third-order valence-corrected chi connectivity index (χ3v) is 3.71. The topological polar surface area (TPSA) is 62.0 Å². The molecule has 4 heteroatoms. The lowest BCUT2D eigenvalue weighted by atomic mass is 9.78. The molecule has 116 valence electrons. The smallest absolute Gasteiger partial charge is 0.230 e. The number of phenols is 1. The van der Waals surface area contributed by atoms with Crippen LogP contribution in [-0.2, 0) is 15.7 Å². The fourth-order valence-corrected chi connectivity index (χ4v) is 2.48. The Morgan fingerprint density at radius 3 is 1.86 bits per heavy atom. The summed E-state index contributed by atoms with van der Waals surface area (Å²) in [7, 11) is 0. The highest BCUT2D eigenvalue weighted by molar-refractivity contribution is 6.01. The van der Waals surface area contributed by atoms with E-state index < -0.39 is 6.29 Å². The van der Waals surface area contributed by atoms with Crippen LogP contribution in [0, 0.1) is 0 Å². The van der Waals surface area contributed by atoms with Crippen molar-refractivity contribution in [3.05, 3.63) is 28.8 Å². The van der Waals surface area contributed by atoms with Crippen LogP contribution < -0.4 is 0 Å². The minimum atomic E-state index is -0.870. The Hall–Kier alpha value is -1.55. The summed E-state index contributed by atoms with van der Waals surface area (Å²) in [5.41, 5.74) is 3.03. The van der Waals surface area contributed by atoms with E-state index in [1.54, 1.807) is 0 Å². The van der Waals surface area contributed by atoms with Crippen molar-refractivity contribution in [3.63, 3.8) is 0 Å². The maximum Gasteiger partial charge on any atom is 0.230 e. The van der Waals surface area contributed by atoms with Crippen molar-refractivity contribution in [1.29, 1.82) is 0 Å². The Balaban J connectivity index is 2.63.